The smallest absolute Gasteiger partial charge is 0.255 e. The van der Waals surface area contributed by atoms with Gasteiger partial charge in [0.05, 0.1) is 0 Å². The maximum absolute atomic E-state index is 12.8. The number of hydrogen-bond acceptors (Lipinski definition) is 4. The molecule has 0 radical (unpaired) electrons. The van der Waals surface area contributed by atoms with Crippen LogP contribution in [0.2, 0.25) is 0 Å². The molecule has 1 atom stereocenters. The normalized spacial score (nSPS) is 18.4. The minimum Gasteiger partial charge on any atom is -0.326 e. The van der Waals surface area contributed by atoms with Gasteiger partial charge < -0.3 is 10.2 Å². The summed E-state index contributed by atoms with van der Waals surface area (Å²) in [7, 11) is 0. The molecule has 0 aliphatic carbocycles. The fourth-order valence-electron chi connectivity index (χ4n) is 4.16. The molecule has 162 valence electrons. The highest BCUT2D eigenvalue weighted by Crippen LogP contribution is 2.32. The molecular weight excluding hydrogens is 382 g/mol. The Hall–Kier alpha value is -2.70. The van der Waals surface area contributed by atoms with E-state index in [1.165, 1.54) is 30.6 Å². The first-order valence-corrected chi connectivity index (χ1v) is 11.1. The third-order valence-electron chi connectivity index (χ3n) is 5.86. The maximum atomic E-state index is 12.8. The van der Waals surface area contributed by atoms with Gasteiger partial charge >= 0.3 is 0 Å². The van der Waals surface area contributed by atoms with Crippen LogP contribution >= 0.6 is 0 Å². The summed E-state index contributed by atoms with van der Waals surface area (Å²) in [6, 6.07) is 4.60. The minimum absolute atomic E-state index is 0.0520. The summed E-state index contributed by atoms with van der Waals surface area (Å²) < 4.78 is 0. The van der Waals surface area contributed by atoms with Crippen molar-refractivity contribution in [3.63, 3.8) is 0 Å². The number of carbonyl (C=O) groups excluding carboxylic acids is 4. The number of piperidine rings is 1. The van der Waals surface area contributed by atoms with E-state index in [9.17, 15) is 19.2 Å². The molecule has 1 aromatic carbocycles. The fourth-order valence-corrected chi connectivity index (χ4v) is 4.16. The number of nitrogens with zero attached hydrogens (tertiary/aromatic N) is 1. The lowest BCUT2D eigenvalue weighted by atomic mass is 10.0. The SMILES string of the molecule is CCCCCCCCCC(=O)Nc1cccc2c1CN(C1CCC(=O)NC1=O)C2=O. The van der Waals surface area contributed by atoms with Crippen molar-refractivity contribution < 1.29 is 19.2 Å². The molecule has 7 heteroatoms. The summed E-state index contributed by atoms with van der Waals surface area (Å²) in [6.07, 6.45) is 9.05. The number of imide groups is 1. The van der Waals surface area contributed by atoms with Gasteiger partial charge in [0.1, 0.15) is 6.04 Å². The Morgan fingerprint density at radius 1 is 1.10 bits per heavy atom. The molecule has 1 aromatic rings. The molecule has 2 aliphatic heterocycles. The summed E-state index contributed by atoms with van der Waals surface area (Å²) in [4.78, 5) is 50.3. The van der Waals surface area contributed by atoms with Gasteiger partial charge in [-0.1, -0.05) is 51.5 Å². The van der Waals surface area contributed by atoms with E-state index in [4.69, 9.17) is 0 Å². The summed E-state index contributed by atoms with van der Waals surface area (Å²) >= 11 is 0. The molecule has 2 aliphatic rings. The van der Waals surface area contributed by atoms with Crippen LogP contribution in [0.25, 0.3) is 0 Å². The monoisotopic (exact) mass is 413 g/mol. The number of benzene rings is 1. The first kappa shape index (κ1) is 22.0. The second-order valence-corrected chi connectivity index (χ2v) is 8.15. The van der Waals surface area contributed by atoms with Crippen LogP contribution in [0.5, 0.6) is 0 Å². The van der Waals surface area contributed by atoms with Crippen LogP contribution in [0.3, 0.4) is 0 Å². The molecule has 7 nitrogen and oxygen atoms in total. The van der Waals surface area contributed by atoms with Gasteiger partial charge in [0.2, 0.25) is 17.7 Å². The van der Waals surface area contributed by atoms with Crippen LogP contribution in [-0.4, -0.2) is 34.6 Å². The summed E-state index contributed by atoms with van der Waals surface area (Å²) in [5.41, 5.74) is 1.87. The Bertz CT molecular complexity index is 821. The molecule has 4 amide bonds. The standard InChI is InChI=1S/C23H31N3O4/c1-2-3-4-5-6-7-8-12-20(27)24-18-11-9-10-16-17(18)15-26(23(16)30)19-13-14-21(28)25-22(19)29/h9-11,19H,2-8,12-15H2,1H3,(H,24,27)(H,25,28,29). The van der Waals surface area contributed by atoms with Gasteiger partial charge in [0, 0.05) is 36.2 Å². The van der Waals surface area contributed by atoms with Crippen molar-refractivity contribution in [1.82, 2.24) is 10.2 Å². The molecule has 0 spiro atoms. The van der Waals surface area contributed by atoms with Crippen molar-refractivity contribution in [2.45, 2.75) is 83.7 Å². The van der Waals surface area contributed by atoms with Crippen molar-refractivity contribution in [3.8, 4) is 0 Å². The fraction of sp³-hybridized carbons (Fsp3) is 0.565. The van der Waals surface area contributed by atoms with E-state index in [1.54, 1.807) is 18.2 Å². The Labute approximate surface area is 177 Å². The number of anilines is 1. The maximum Gasteiger partial charge on any atom is 0.255 e. The lowest BCUT2D eigenvalue weighted by Crippen LogP contribution is -2.52. The number of hydrogen-bond donors (Lipinski definition) is 2. The van der Waals surface area contributed by atoms with Crippen LogP contribution in [0.4, 0.5) is 5.69 Å². The molecule has 0 saturated carbocycles. The van der Waals surface area contributed by atoms with Crippen molar-refractivity contribution in [2.75, 3.05) is 5.32 Å². The third-order valence-corrected chi connectivity index (χ3v) is 5.86. The number of amides is 4. The zero-order chi connectivity index (χ0) is 21.5. The third kappa shape index (κ3) is 5.26. The average Bonchev–Trinajstić information content (AvgIpc) is 3.05. The highest BCUT2D eigenvalue weighted by molar-refractivity contribution is 6.06. The van der Waals surface area contributed by atoms with Gasteiger partial charge in [-0.25, -0.2) is 0 Å². The molecule has 3 rings (SSSR count). The lowest BCUT2D eigenvalue weighted by molar-refractivity contribution is -0.137. The van der Waals surface area contributed by atoms with E-state index >= 15 is 0 Å². The molecule has 1 fully saturated rings. The quantitative estimate of drug-likeness (QED) is 0.453. The molecule has 1 unspecified atom stereocenters. The van der Waals surface area contributed by atoms with Crippen molar-refractivity contribution >= 4 is 29.3 Å². The number of rotatable bonds is 10. The van der Waals surface area contributed by atoms with E-state index in [-0.39, 0.29) is 30.7 Å². The second kappa shape index (κ2) is 10.4. The Balaban J connectivity index is 1.55. The zero-order valence-corrected chi connectivity index (χ0v) is 17.7. The Morgan fingerprint density at radius 2 is 1.83 bits per heavy atom. The van der Waals surface area contributed by atoms with Gasteiger partial charge in [-0.2, -0.15) is 0 Å². The highest BCUT2D eigenvalue weighted by Gasteiger charge is 2.39. The van der Waals surface area contributed by atoms with E-state index in [0.29, 0.717) is 24.1 Å². The first-order valence-electron chi connectivity index (χ1n) is 11.1. The van der Waals surface area contributed by atoms with Gasteiger partial charge in [-0.15, -0.1) is 0 Å². The Kier molecular flexibility index (Phi) is 7.60. The van der Waals surface area contributed by atoms with Crippen molar-refractivity contribution in [2.24, 2.45) is 0 Å². The van der Waals surface area contributed by atoms with Crippen LogP contribution < -0.4 is 10.6 Å². The summed E-state index contributed by atoms with van der Waals surface area (Å²) in [6.45, 7) is 2.45. The average molecular weight is 414 g/mol. The predicted molar refractivity (Wildman–Crippen MR) is 114 cm³/mol. The Morgan fingerprint density at radius 3 is 2.57 bits per heavy atom. The van der Waals surface area contributed by atoms with Crippen LogP contribution in [-0.2, 0) is 20.9 Å². The van der Waals surface area contributed by atoms with Gasteiger partial charge in [-0.05, 0) is 25.0 Å². The van der Waals surface area contributed by atoms with Gasteiger partial charge in [-0.3, -0.25) is 24.5 Å². The summed E-state index contributed by atoms with van der Waals surface area (Å²) in [5, 5.41) is 5.25. The molecule has 1 saturated heterocycles. The number of nitrogens with one attached hydrogen (secondary N) is 2. The second-order valence-electron chi connectivity index (χ2n) is 8.15. The van der Waals surface area contributed by atoms with Crippen LogP contribution in [0, 0.1) is 0 Å². The van der Waals surface area contributed by atoms with Gasteiger partial charge in [0.15, 0.2) is 0 Å². The molecule has 30 heavy (non-hydrogen) atoms. The zero-order valence-electron chi connectivity index (χ0n) is 17.7. The predicted octanol–water partition coefficient (Wildman–Crippen LogP) is 3.53. The van der Waals surface area contributed by atoms with Gasteiger partial charge in [0.25, 0.3) is 5.91 Å². The molecule has 0 aromatic heterocycles. The topological polar surface area (TPSA) is 95.6 Å². The number of carbonyl (C=O) groups is 4. The molecule has 0 bridgehead atoms. The largest absolute Gasteiger partial charge is 0.326 e. The van der Waals surface area contributed by atoms with E-state index in [0.717, 1.165) is 24.8 Å². The summed E-state index contributed by atoms with van der Waals surface area (Å²) in [5.74, 6) is -1.03. The van der Waals surface area contributed by atoms with E-state index in [1.807, 2.05) is 0 Å². The van der Waals surface area contributed by atoms with Crippen LogP contribution in [0.1, 0.15) is 87.1 Å². The van der Waals surface area contributed by atoms with E-state index in [2.05, 4.69) is 17.6 Å². The first-order chi connectivity index (χ1) is 14.5. The van der Waals surface area contributed by atoms with Crippen molar-refractivity contribution in [3.05, 3.63) is 29.3 Å². The molecular formula is C23H31N3O4. The number of fused-ring (bicyclic) bond motifs is 1. The minimum atomic E-state index is -0.654. The number of unbranched alkanes of at least 4 members (excludes halogenated alkanes) is 6. The van der Waals surface area contributed by atoms with Crippen LogP contribution in [0.15, 0.2) is 18.2 Å². The molecule has 2 heterocycles. The lowest BCUT2D eigenvalue weighted by Gasteiger charge is -2.29. The van der Waals surface area contributed by atoms with Crippen molar-refractivity contribution in [1.29, 1.82) is 0 Å². The molecule has 2 N–H and O–H groups in total. The highest BCUT2D eigenvalue weighted by atomic mass is 16.2. The van der Waals surface area contributed by atoms with E-state index < -0.39 is 11.9 Å².